The zero-order valence-electron chi connectivity index (χ0n) is 17.3. The Kier molecular flexibility index (Phi) is 6.98. The van der Waals surface area contributed by atoms with Gasteiger partial charge in [0.25, 0.3) is 0 Å². The Balaban J connectivity index is 1.68. The van der Waals surface area contributed by atoms with Gasteiger partial charge in [-0.2, -0.15) is 0 Å². The first kappa shape index (κ1) is 21.8. The van der Waals surface area contributed by atoms with Gasteiger partial charge in [0.15, 0.2) is 23.2 Å². The fourth-order valence-corrected chi connectivity index (χ4v) is 3.40. The van der Waals surface area contributed by atoms with Crippen LogP contribution >= 0.6 is 0 Å². The number of ether oxygens (including phenoxy) is 2. The number of anilines is 2. The summed E-state index contributed by atoms with van der Waals surface area (Å²) in [7, 11) is 0. The number of rotatable bonds is 5. The summed E-state index contributed by atoms with van der Waals surface area (Å²) in [5.41, 5.74) is 1.98. The van der Waals surface area contributed by atoms with E-state index in [0.29, 0.717) is 30.2 Å². The Hall–Kier alpha value is -3.43. The van der Waals surface area contributed by atoms with Crippen molar-refractivity contribution in [2.24, 2.45) is 5.92 Å². The first-order chi connectivity index (χ1) is 15.6. The molecule has 6 heteroatoms. The van der Waals surface area contributed by atoms with Gasteiger partial charge in [-0.05, 0) is 42.7 Å². The average molecular weight is 437 g/mol. The van der Waals surface area contributed by atoms with E-state index in [1.807, 2.05) is 30.3 Å². The van der Waals surface area contributed by atoms with Crippen LogP contribution in [-0.4, -0.2) is 13.2 Å². The third kappa shape index (κ3) is 5.43. The molecule has 0 radical (unpaired) electrons. The molecule has 4 rings (SSSR count). The molecule has 1 fully saturated rings. The number of benzene rings is 3. The molecule has 1 aliphatic heterocycles. The van der Waals surface area contributed by atoms with Crippen LogP contribution in [0, 0.1) is 35.2 Å². The van der Waals surface area contributed by atoms with Crippen molar-refractivity contribution in [2.45, 2.75) is 19.4 Å². The fraction of sp³-hybridized carbons (Fsp3) is 0.231. The summed E-state index contributed by atoms with van der Waals surface area (Å²) in [6, 6.07) is 15.7. The molecule has 0 amide bonds. The van der Waals surface area contributed by atoms with Crippen molar-refractivity contribution < 1.29 is 22.6 Å². The highest BCUT2D eigenvalue weighted by molar-refractivity contribution is 5.71. The van der Waals surface area contributed by atoms with Gasteiger partial charge < -0.3 is 14.8 Å². The van der Waals surface area contributed by atoms with Crippen LogP contribution in [0.2, 0.25) is 0 Å². The molecule has 0 aromatic heterocycles. The lowest BCUT2D eigenvalue weighted by atomic mass is 10.00. The minimum atomic E-state index is -0.979. The predicted octanol–water partition coefficient (Wildman–Crippen LogP) is 6.20. The van der Waals surface area contributed by atoms with Gasteiger partial charge in [0.05, 0.1) is 11.3 Å². The van der Waals surface area contributed by atoms with Gasteiger partial charge >= 0.3 is 0 Å². The monoisotopic (exact) mass is 437 g/mol. The van der Waals surface area contributed by atoms with E-state index in [1.165, 1.54) is 18.2 Å². The second-order valence-electron chi connectivity index (χ2n) is 7.48. The van der Waals surface area contributed by atoms with Gasteiger partial charge in [-0.1, -0.05) is 42.2 Å². The molecule has 0 atom stereocenters. The average Bonchev–Trinajstić information content (AvgIpc) is 2.82. The molecule has 1 saturated heterocycles. The highest BCUT2D eigenvalue weighted by Crippen LogP contribution is 2.32. The lowest BCUT2D eigenvalue weighted by Crippen LogP contribution is -2.14. The molecule has 3 nitrogen and oxygen atoms in total. The predicted molar refractivity (Wildman–Crippen MR) is 117 cm³/mol. The highest BCUT2D eigenvalue weighted by atomic mass is 19.2. The van der Waals surface area contributed by atoms with Crippen molar-refractivity contribution in [1.29, 1.82) is 0 Å². The van der Waals surface area contributed by atoms with E-state index in [-0.39, 0.29) is 18.3 Å². The SMILES string of the molecule is Fc1ccc(Nc2ccc(F)c(OCc3ccccc3)c2C#CC2CCOCC2)cc1F. The van der Waals surface area contributed by atoms with Crippen LogP contribution < -0.4 is 10.1 Å². The van der Waals surface area contributed by atoms with Crippen molar-refractivity contribution in [2.75, 3.05) is 18.5 Å². The van der Waals surface area contributed by atoms with Crippen LogP contribution in [0.25, 0.3) is 0 Å². The molecule has 1 heterocycles. The number of hydrogen-bond donors (Lipinski definition) is 1. The minimum absolute atomic E-state index is 0.0148. The van der Waals surface area contributed by atoms with Crippen LogP contribution in [0.4, 0.5) is 24.5 Å². The fourth-order valence-electron chi connectivity index (χ4n) is 3.40. The quantitative estimate of drug-likeness (QED) is 0.482. The Morgan fingerprint density at radius 2 is 1.66 bits per heavy atom. The maximum atomic E-state index is 14.8. The number of hydrogen-bond acceptors (Lipinski definition) is 3. The summed E-state index contributed by atoms with van der Waals surface area (Å²) < 4.78 is 53.0. The van der Waals surface area contributed by atoms with E-state index in [4.69, 9.17) is 9.47 Å². The van der Waals surface area contributed by atoms with Gasteiger partial charge in [-0.3, -0.25) is 0 Å². The van der Waals surface area contributed by atoms with Crippen molar-refractivity contribution >= 4 is 11.4 Å². The van der Waals surface area contributed by atoms with Crippen molar-refractivity contribution in [3.05, 3.63) is 89.2 Å². The molecule has 1 N–H and O–H groups in total. The van der Waals surface area contributed by atoms with Crippen molar-refractivity contribution in [1.82, 2.24) is 0 Å². The van der Waals surface area contributed by atoms with Gasteiger partial charge in [0.2, 0.25) is 0 Å². The molecule has 0 aliphatic carbocycles. The molecule has 0 spiro atoms. The van der Waals surface area contributed by atoms with Crippen LogP contribution in [0.1, 0.15) is 24.0 Å². The van der Waals surface area contributed by atoms with E-state index < -0.39 is 17.5 Å². The molecule has 0 bridgehead atoms. The zero-order chi connectivity index (χ0) is 22.3. The third-order valence-electron chi connectivity index (χ3n) is 5.16. The number of nitrogens with one attached hydrogen (secondary N) is 1. The van der Waals surface area contributed by atoms with E-state index in [0.717, 1.165) is 30.5 Å². The lowest BCUT2D eigenvalue weighted by Gasteiger charge is -2.17. The van der Waals surface area contributed by atoms with Gasteiger partial charge in [0, 0.05) is 30.9 Å². The Morgan fingerprint density at radius 1 is 0.906 bits per heavy atom. The van der Waals surface area contributed by atoms with E-state index >= 15 is 0 Å². The molecular formula is C26H22F3NO2. The molecule has 0 saturated carbocycles. The summed E-state index contributed by atoms with van der Waals surface area (Å²) >= 11 is 0. The molecule has 1 aliphatic rings. The first-order valence-electron chi connectivity index (χ1n) is 10.4. The third-order valence-corrected chi connectivity index (χ3v) is 5.16. The Morgan fingerprint density at radius 3 is 2.41 bits per heavy atom. The maximum Gasteiger partial charge on any atom is 0.173 e. The Labute approximate surface area is 185 Å². The molecule has 32 heavy (non-hydrogen) atoms. The minimum Gasteiger partial charge on any atom is -0.484 e. The highest BCUT2D eigenvalue weighted by Gasteiger charge is 2.17. The largest absolute Gasteiger partial charge is 0.484 e. The first-order valence-corrected chi connectivity index (χ1v) is 10.4. The molecule has 3 aromatic carbocycles. The Bertz CT molecular complexity index is 1130. The summed E-state index contributed by atoms with van der Waals surface area (Å²) in [4.78, 5) is 0. The summed E-state index contributed by atoms with van der Waals surface area (Å²) in [6.07, 6.45) is 1.60. The van der Waals surface area contributed by atoms with Gasteiger partial charge in [0.1, 0.15) is 6.61 Å². The molecule has 164 valence electrons. The summed E-state index contributed by atoms with van der Waals surface area (Å²) in [6.45, 7) is 1.44. The van der Waals surface area contributed by atoms with E-state index in [9.17, 15) is 13.2 Å². The normalized spacial score (nSPS) is 13.8. The van der Waals surface area contributed by atoms with Crippen LogP contribution in [0.3, 0.4) is 0 Å². The summed E-state index contributed by atoms with van der Waals surface area (Å²) in [5.74, 6) is 3.95. The van der Waals surface area contributed by atoms with E-state index in [2.05, 4.69) is 17.2 Å². The van der Waals surface area contributed by atoms with E-state index in [1.54, 1.807) is 0 Å². The lowest BCUT2D eigenvalue weighted by molar-refractivity contribution is 0.0807. The van der Waals surface area contributed by atoms with Crippen LogP contribution in [0.5, 0.6) is 5.75 Å². The summed E-state index contributed by atoms with van der Waals surface area (Å²) in [5, 5.41) is 3.01. The smallest absolute Gasteiger partial charge is 0.173 e. The van der Waals surface area contributed by atoms with Crippen LogP contribution in [0.15, 0.2) is 60.7 Å². The van der Waals surface area contributed by atoms with Crippen LogP contribution in [-0.2, 0) is 11.3 Å². The second kappa shape index (κ2) is 10.3. The molecule has 0 unspecified atom stereocenters. The topological polar surface area (TPSA) is 30.5 Å². The van der Waals surface area contributed by atoms with Crippen molar-refractivity contribution in [3.8, 4) is 17.6 Å². The maximum absolute atomic E-state index is 14.8. The second-order valence-corrected chi connectivity index (χ2v) is 7.48. The number of halogens is 3. The zero-order valence-corrected chi connectivity index (χ0v) is 17.3. The molecule has 3 aromatic rings. The standard InChI is InChI=1S/C26H22F3NO2/c27-22-9-7-20(16-24(22)29)30-25-11-10-23(28)26(32-17-19-4-2-1-3-5-19)21(25)8-6-18-12-14-31-15-13-18/h1-5,7,9-11,16,18,30H,12-15,17H2. The van der Waals surface area contributed by atoms with Gasteiger partial charge in [-0.15, -0.1) is 0 Å². The van der Waals surface area contributed by atoms with Gasteiger partial charge in [-0.25, -0.2) is 13.2 Å². The molecular weight excluding hydrogens is 415 g/mol. The van der Waals surface area contributed by atoms with Crippen molar-refractivity contribution in [3.63, 3.8) is 0 Å².